The summed E-state index contributed by atoms with van der Waals surface area (Å²) in [6.45, 7) is 0. The van der Waals surface area contributed by atoms with Gasteiger partial charge >= 0.3 is 0 Å². The lowest BCUT2D eigenvalue weighted by Crippen LogP contribution is -1.89. The van der Waals surface area contributed by atoms with Gasteiger partial charge in [-0.1, -0.05) is 17.3 Å². The fourth-order valence-corrected chi connectivity index (χ4v) is 2.45. The molecule has 0 aliphatic rings. The fraction of sp³-hybridized carbons (Fsp3) is 0. The lowest BCUT2D eigenvalue weighted by atomic mass is 10.0. The Balaban J connectivity index is 2.20. The van der Waals surface area contributed by atoms with E-state index in [-0.39, 0.29) is 11.6 Å². The molecule has 3 rings (SSSR count). The molecule has 0 saturated carbocycles. The predicted octanol–water partition coefficient (Wildman–Crippen LogP) is 3.79. The van der Waals surface area contributed by atoms with Gasteiger partial charge in [0.15, 0.2) is 11.6 Å². The molecule has 0 saturated heterocycles. The lowest BCUT2D eigenvalue weighted by molar-refractivity contribution is 0.436. The first-order valence-electron chi connectivity index (χ1n) is 5.29. The maximum atomic E-state index is 13.3. The summed E-state index contributed by atoms with van der Waals surface area (Å²) in [5.74, 6) is 0.519. The number of rotatable bonds is 2. The number of thiophene rings is 1. The van der Waals surface area contributed by atoms with Crippen LogP contribution in [0, 0.1) is 5.82 Å². The Hall–Kier alpha value is -2.14. The first kappa shape index (κ1) is 11.0. The molecular weight excluding hydrogens is 251 g/mol. The largest absolute Gasteiger partial charge is 0.380 e. The summed E-state index contributed by atoms with van der Waals surface area (Å²) in [7, 11) is 0. The van der Waals surface area contributed by atoms with Crippen molar-refractivity contribution in [3.05, 3.63) is 46.9 Å². The van der Waals surface area contributed by atoms with Crippen LogP contribution in [0.25, 0.3) is 22.5 Å². The van der Waals surface area contributed by atoms with E-state index in [1.54, 1.807) is 23.5 Å². The minimum atomic E-state index is -0.315. The Morgan fingerprint density at radius 1 is 1.22 bits per heavy atom. The van der Waals surface area contributed by atoms with Crippen molar-refractivity contribution in [3.63, 3.8) is 0 Å². The van der Waals surface area contributed by atoms with Crippen molar-refractivity contribution in [2.24, 2.45) is 0 Å². The number of aromatic nitrogens is 1. The Morgan fingerprint density at radius 2 is 2.11 bits per heavy atom. The smallest absolute Gasteiger partial charge is 0.177 e. The normalized spacial score (nSPS) is 10.7. The lowest BCUT2D eigenvalue weighted by Gasteiger charge is -2.01. The van der Waals surface area contributed by atoms with Gasteiger partial charge < -0.3 is 10.3 Å². The van der Waals surface area contributed by atoms with Crippen LogP contribution in [-0.2, 0) is 0 Å². The highest BCUT2D eigenvalue weighted by Crippen LogP contribution is 2.37. The zero-order valence-corrected chi connectivity index (χ0v) is 10.1. The van der Waals surface area contributed by atoms with Crippen LogP contribution < -0.4 is 5.73 Å². The molecule has 0 bridgehead atoms. The molecule has 0 unspecified atom stereocenters. The topological polar surface area (TPSA) is 52.0 Å². The summed E-state index contributed by atoms with van der Waals surface area (Å²) in [6.07, 6.45) is 0. The first-order chi connectivity index (χ1) is 8.75. The van der Waals surface area contributed by atoms with Crippen LogP contribution in [0.5, 0.6) is 0 Å². The molecule has 5 heteroatoms. The third kappa shape index (κ3) is 1.78. The van der Waals surface area contributed by atoms with E-state index in [1.165, 1.54) is 12.1 Å². The number of benzene rings is 1. The van der Waals surface area contributed by atoms with Crippen molar-refractivity contribution >= 4 is 17.2 Å². The molecule has 90 valence electrons. The molecule has 0 radical (unpaired) electrons. The molecule has 0 aliphatic carbocycles. The number of nitrogen functional groups attached to an aromatic ring is 1. The van der Waals surface area contributed by atoms with Gasteiger partial charge in [-0.15, -0.1) is 0 Å². The van der Waals surface area contributed by atoms with Crippen LogP contribution in [-0.4, -0.2) is 5.16 Å². The van der Waals surface area contributed by atoms with Gasteiger partial charge in [-0.3, -0.25) is 0 Å². The Morgan fingerprint density at radius 3 is 2.83 bits per heavy atom. The van der Waals surface area contributed by atoms with Gasteiger partial charge in [0, 0.05) is 10.9 Å². The number of hydrogen-bond donors (Lipinski definition) is 1. The van der Waals surface area contributed by atoms with E-state index in [2.05, 4.69) is 5.16 Å². The van der Waals surface area contributed by atoms with Gasteiger partial charge in [0.05, 0.1) is 5.56 Å². The zero-order chi connectivity index (χ0) is 12.5. The van der Waals surface area contributed by atoms with E-state index in [0.29, 0.717) is 16.9 Å². The summed E-state index contributed by atoms with van der Waals surface area (Å²) in [4.78, 5) is 0. The number of hydrogen-bond acceptors (Lipinski definition) is 4. The second kappa shape index (κ2) is 4.27. The second-order valence-electron chi connectivity index (χ2n) is 3.79. The van der Waals surface area contributed by atoms with Crippen LogP contribution in [0.2, 0.25) is 0 Å². The maximum Gasteiger partial charge on any atom is 0.177 e. The molecule has 3 aromatic rings. The summed E-state index contributed by atoms with van der Waals surface area (Å²) in [5, 5.41) is 7.63. The maximum absolute atomic E-state index is 13.3. The summed E-state index contributed by atoms with van der Waals surface area (Å²) in [6, 6.07) is 8.12. The molecule has 2 aromatic heterocycles. The highest BCUT2D eigenvalue weighted by Gasteiger charge is 2.18. The molecule has 0 amide bonds. The van der Waals surface area contributed by atoms with E-state index < -0.39 is 0 Å². The van der Waals surface area contributed by atoms with Crippen LogP contribution in [0.3, 0.4) is 0 Å². The van der Waals surface area contributed by atoms with E-state index in [0.717, 1.165) is 5.56 Å². The summed E-state index contributed by atoms with van der Waals surface area (Å²) < 4.78 is 18.5. The summed E-state index contributed by atoms with van der Waals surface area (Å²) >= 11 is 1.55. The van der Waals surface area contributed by atoms with Gasteiger partial charge in [0.2, 0.25) is 0 Å². The quantitative estimate of drug-likeness (QED) is 0.762. The standard InChI is InChI=1S/C13H9FN2OS/c14-10-3-1-2-8(6-10)11-12(17-16-13(11)15)9-4-5-18-7-9/h1-7H,(H2,15,16). The second-order valence-corrected chi connectivity index (χ2v) is 4.57. The van der Waals surface area contributed by atoms with Gasteiger partial charge in [0.25, 0.3) is 0 Å². The molecular formula is C13H9FN2OS. The minimum Gasteiger partial charge on any atom is -0.380 e. The Labute approximate surface area is 107 Å². The van der Waals surface area contributed by atoms with E-state index in [9.17, 15) is 4.39 Å². The fourth-order valence-electron chi connectivity index (χ4n) is 1.82. The third-order valence-corrected chi connectivity index (χ3v) is 3.30. The SMILES string of the molecule is Nc1noc(-c2ccsc2)c1-c1cccc(F)c1. The number of nitrogens with two attached hydrogens (primary N) is 1. The van der Waals surface area contributed by atoms with Crippen LogP contribution >= 0.6 is 11.3 Å². The zero-order valence-electron chi connectivity index (χ0n) is 9.26. The van der Waals surface area contributed by atoms with E-state index in [4.69, 9.17) is 10.3 Å². The molecule has 0 aliphatic heterocycles. The first-order valence-corrected chi connectivity index (χ1v) is 6.23. The molecule has 18 heavy (non-hydrogen) atoms. The van der Waals surface area contributed by atoms with Crippen molar-refractivity contribution in [1.29, 1.82) is 0 Å². The molecule has 2 N–H and O–H groups in total. The van der Waals surface area contributed by atoms with Crippen molar-refractivity contribution in [2.45, 2.75) is 0 Å². The average molecular weight is 260 g/mol. The van der Waals surface area contributed by atoms with Crippen LogP contribution in [0.4, 0.5) is 10.2 Å². The molecule has 1 aromatic carbocycles. The number of halogens is 1. The molecule has 0 atom stereocenters. The Bertz CT molecular complexity index is 676. The number of nitrogens with zero attached hydrogens (tertiary/aromatic N) is 1. The predicted molar refractivity (Wildman–Crippen MR) is 69.6 cm³/mol. The summed E-state index contributed by atoms with van der Waals surface area (Å²) in [5.41, 5.74) is 7.99. The third-order valence-electron chi connectivity index (χ3n) is 2.62. The van der Waals surface area contributed by atoms with Crippen molar-refractivity contribution in [2.75, 3.05) is 5.73 Å². The number of anilines is 1. The molecule has 3 nitrogen and oxygen atoms in total. The highest BCUT2D eigenvalue weighted by atomic mass is 32.1. The van der Waals surface area contributed by atoms with Gasteiger partial charge in [-0.05, 0) is 29.1 Å². The van der Waals surface area contributed by atoms with E-state index >= 15 is 0 Å². The van der Waals surface area contributed by atoms with Crippen molar-refractivity contribution < 1.29 is 8.91 Å². The molecule has 0 fully saturated rings. The van der Waals surface area contributed by atoms with Crippen LogP contribution in [0.1, 0.15) is 0 Å². The molecule has 0 spiro atoms. The highest BCUT2D eigenvalue weighted by molar-refractivity contribution is 7.08. The minimum absolute atomic E-state index is 0.266. The van der Waals surface area contributed by atoms with Gasteiger partial charge in [-0.2, -0.15) is 11.3 Å². The van der Waals surface area contributed by atoms with Gasteiger partial charge in [-0.25, -0.2) is 4.39 Å². The van der Waals surface area contributed by atoms with Gasteiger partial charge in [0.1, 0.15) is 5.82 Å². The van der Waals surface area contributed by atoms with Crippen LogP contribution in [0.15, 0.2) is 45.6 Å². The molecule has 2 heterocycles. The van der Waals surface area contributed by atoms with Crippen molar-refractivity contribution in [1.82, 2.24) is 5.16 Å². The van der Waals surface area contributed by atoms with E-state index in [1.807, 2.05) is 16.8 Å². The average Bonchev–Trinajstić information content (AvgIpc) is 2.97. The monoisotopic (exact) mass is 260 g/mol. The van der Waals surface area contributed by atoms with Crippen molar-refractivity contribution in [3.8, 4) is 22.5 Å². The Kier molecular flexibility index (Phi) is 2.60.